The summed E-state index contributed by atoms with van der Waals surface area (Å²) in [6, 6.07) is 0. The quantitative estimate of drug-likeness (QED) is 0.0350. The Labute approximate surface area is 336 Å². The molecule has 0 saturated carbocycles. The molecule has 0 amide bonds. The standard InChI is InChI=1S/C45H86O10/c1-3-5-7-9-11-13-14-15-16-17-18-19-20-21-22-23-24-25-26-28-29-31-33-40(47)52-36-38(54-41(48)34-32-30-27-12-10-8-6-4-2)37-53-45-44(51)43(50)42(49)39(35-46)55-45/h38-39,42-46,49-51H,3-37H2,1-2H3/t38-,39-,42+,43?,44?,45-/m0/s1. The lowest BCUT2D eigenvalue weighted by molar-refractivity contribution is -0.305. The van der Waals surface area contributed by atoms with Gasteiger partial charge in [-0.1, -0.05) is 194 Å². The number of aliphatic hydroxyl groups excluding tert-OH is 4. The van der Waals surface area contributed by atoms with Crippen molar-refractivity contribution < 1.29 is 49.0 Å². The molecule has 1 aliphatic heterocycles. The van der Waals surface area contributed by atoms with E-state index < -0.39 is 49.4 Å². The van der Waals surface area contributed by atoms with Crippen LogP contribution in [0.3, 0.4) is 0 Å². The average Bonchev–Trinajstić information content (AvgIpc) is 3.18. The molecule has 1 rings (SSSR count). The first kappa shape index (κ1) is 51.7. The zero-order valence-electron chi connectivity index (χ0n) is 35.5. The molecule has 6 atom stereocenters. The second-order valence-electron chi connectivity index (χ2n) is 16.2. The predicted molar refractivity (Wildman–Crippen MR) is 220 cm³/mol. The van der Waals surface area contributed by atoms with Gasteiger partial charge in [-0.2, -0.15) is 0 Å². The van der Waals surface area contributed by atoms with E-state index in [0.717, 1.165) is 38.5 Å². The van der Waals surface area contributed by atoms with E-state index in [2.05, 4.69) is 13.8 Å². The Morgan fingerprint density at radius 2 is 0.855 bits per heavy atom. The minimum absolute atomic E-state index is 0.210. The average molecular weight is 787 g/mol. The molecule has 0 spiro atoms. The summed E-state index contributed by atoms with van der Waals surface area (Å²) < 4.78 is 22.1. The van der Waals surface area contributed by atoms with E-state index >= 15 is 0 Å². The molecule has 0 radical (unpaired) electrons. The Balaban J connectivity index is 2.18. The van der Waals surface area contributed by atoms with Gasteiger partial charge in [-0.25, -0.2) is 0 Å². The highest BCUT2D eigenvalue weighted by Crippen LogP contribution is 2.23. The van der Waals surface area contributed by atoms with E-state index in [0.29, 0.717) is 6.42 Å². The minimum atomic E-state index is -1.59. The summed E-state index contributed by atoms with van der Waals surface area (Å²) >= 11 is 0. The second kappa shape index (κ2) is 37.0. The summed E-state index contributed by atoms with van der Waals surface area (Å²) in [5, 5.41) is 40.0. The number of carbonyl (C=O) groups is 2. The van der Waals surface area contributed by atoms with E-state index in [1.165, 1.54) is 148 Å². The van der Waals surface area contributed by atoms with E-state index in [4.69, 9.17) is 18.9 Å². The molecular formula is C45H86O10. The topological polar surface area (TPSA) is 152 Å². The van der Waals surface area contributed by atoms with Gasteiger partial charge in [-0.3, -0.25) is 9.59 Å². The summed E-state index contributed by atoms with van der Waals surface area (Å²) in [5.74, 6) is -0.797. The van der Waals surface area contributed by atoms with Gasteiger partial charge in [-0.05, 0) is 12.8 Å². The maximum atomic E-state index is 12.7. The first-order valence-electron chi connectivity index (χ1n) is 23.1. The SMILES string of the molecule is CCCCCCCCCCCCCCCCCCCCCCCCC(=O)OC[C@@H](CO[C@H]1O[C@@H](CO)[C@@H](O)C(O)C1O)OC(=O)CCCCCCCCCC. The molecule has 1 saturated heterocycles. The molecule has 1 fully saturated rings. The van der Waals surface area contributed by atoms with Crippen LogP contribution in [0.2, 0.25) is 0 Å². The van der Waals surface area contributed by atoms with Crippen LogP contribution in [-0.4, -0.2) is 89.0 Å². The Bertz CT molecular complexity index is 871. The molecule has 0 aromatic carbocycles. The van der Waals surface area contributed by atoms with Crippen molar-refractivity contribution in [1.82, 2.24) is 0 Å². The number of hydrogen-bond donors (Lipinski definition) is 4. The number of esters is 2. The Kier molecular flexibility index (Phi) is 34.8. The number of ether oxygens (including phenoxy) is 4. The second-order valence-corrected chi connectivity index (χ2v) is 16.2. The van der Waals surface area contributed by atoms with Crippen LogP contribution < -0.4 is 0 Å². The summed E-state index contributed by atoms with van der Waals surface area (Å²) in [5.41, 5.74) is 0. The third kappa shape index (κ3) is 28.7. The van der Waals surface area contributed by atoms with Crippen LogP contribution in [0.15, 0.2) is 0 Å². The molecule has 0 aromatic heterocycles. The van der Waals surface area contributed by atoms with Gasteiger partial charge in [0.05, 0.1) is 13.2 Å². The van der Waals surface area contributed by atoms with E-state index in [-0.39, 0.29) is 32.0 Å². The molecule has 0 bridgehead atoms. The van der Waals surface area contributed by atoms with Gasteiger partial charge in [0.25, 0.3) is 0 Å². The van der Waals surface area contributed by atoms with Crippen LogP contribution in [0.1, 0.15) is 219 Å². The lowest BCUT2D eigenvalue weighted by Crippen LogP contribution is -2.59. The van der Waals surface area contributed by atoms with Gasteiger partial charge in [0.1, 0.15) is 31.0 Å². The largest absolute Gasteiger partial charge is 0.462 e. The third-order valence-corrected chi connectivity index (χ3v) is 11.0. The van der Waals surface area contributed by atoms with Crippen molar-refractivity contribution in [3.05, 3.63) is 0 Å². The molecule has 1 heterocycles. The van der Waals surface area contributed by atoms with Gasteiger partial charge < -0.3 is 39.4 Å². The Hall–Kier alpha value is -1.30. The van der Waals surface area contributed by atoms with Crippen LogP contribution in [-0.2, 0) is 28.5 Å². The van der Waals surface area contributed by atoms with Crippen LogP contribution in [0.5, 0.6) is 0 Å². The number of unbranched alkanes of at least 4 members (excludes halogenated alkanes) is 28. The zero-order valence-corrected chi connectivity index (χ0v) is 35.5. The van der Waals surface area contributed by atoms with Crippen LogP contribution in [0.4, 0.5) is 0 Å². The number of carbonyl (C=O) groups excluding carboxylic acids is 2. The minimum Gasteiger partial charge on any atom is -0.462 e. The lowest BCUT2D eigenvalue weighted by atomic mass is 9.99. The summed E-state index contributed by atoms with van der Waals surface area (Å²) in [6.07, 6.45) is 30.0. The lowest BCUT2D eigenvalue weighted by Gasteiger charge is -2.39. The number of hydrogen-bond acceptors (Lipinski definition) is 10. The fourth-order valence-electron chi connectivity index (χ4n) is 7.31. The van der Waals surface area contributed by atoms with Gasteiger partial charge in [-0.15, -0.1) is 0 Å². The van der Waals surface area contributed by atoms with Crippen molar-refractivity contribution in [1.29, 1.82) is 0 Å². The maximum absolute atomic E-state index is 12.7. The highest BCUT2D eigenvalue weighted by Gasteiger charge is 2.44. The van der Waals surface area contributed by atoms with Crippen molar-refractivity contribution in [2.45, 2.75) is 256 Å². The molecule has 10 heteroatoms. The molecule has 326 valence electrons. The van der Waals surface area contributed by atoms with Crippen molar-refractivity contribution in [3.8, 4) is 0 Å². The third-order valence-electron chi connectivity index (χ3n) is 11.0. The molecule has 1 aliphatic rings. The first-order valence-corrected chi connectivity index (χ1v) is 23.1. The fourth-order valence-corrected chi connectivity index (χ4v) is 7.31. The van der Waals surface area contributed by atoms with Crippen LogP contribution in [0, 0.1) is 0 Å². The normalized spacial score (nSPS) is 20.4. The molecule has 55 heavy (non-hydrogen) atoms. The van der Waals surface area contributed by atoms with Crippen molar-refractivity contribution in [2.24, 2.45) is 0 Å². The van der Waals surface area contributed by atoms with Gasteiger partial charge in [0.15, 0.2) is 12.4 Å². The number of rotatable bonds is 39. The number of aliphatic hydroxyl groups is 4. The van der Waals surface area contributed by atoms with E-state index in [1.807, 2.05) is 0 Å². The van der Waals surface area contributed by atoms with Crippen molar-refractivity contribution in [3.63, 3.8) is 0 Å². The zero-order chi connectivity index (χ0) is 40.2. The molecule has 4 N–H and O–H groups in total. The first-order chi connectivity index (χ1) is 26.8. The molecule has 2 unspecified atom stereocenters. The van der Waals surface area contributed by atoms with E-state index in [9.17, 15) is 30.0 Å². The molecule has 0 aliphatic carbocycles. The summed E-state index contributed by atoms with van der Waals surface area (Å²) in [7, 11) is 0. The van der Waals surface area contributed by atoms with E-state index in [1.54, 1.807) is 0 Å². The summed E-state index contributed by atoms with van der Waals surface area (Å²) in [6.45, 7) is 3.41. The molecule has 10 nitrogen and oxygen atoms in total. The highest BCUT2D eigenvalue weighted by molar-refractivity contribution is 5.70. The van der Waals surface area contributed by atoms with Crippen molar-refractivity contribution >= 4 is 11.9 Å². The monoisotopic (exact) mass is 787 g/mol. The fraction of sp³-hybridized carbons (Fsp3) is 0.956. The van der Waals surface area contributed by atoms with Crippen LogP contribution >= 0.6 is 0 Å². The van der Waals surface area contributed by atoms with Gasteiger partial charge >= 0.3 is 11.9 Å². The van der Waals surface area contributed by atoms with Gasteiger partial charge in [0.2, 0.25) is 0 Å². The molecular weight excluding hydrogens is 700 g/mol. The van der Waals surface area contributed by atoms with Gasteiger partial charge in [0, 0.05) is 12.8 Å². The molecule has 0 aromatic rings. The maximum Gasteiger partial charge on any atom is 0.306 e. The van der Waals surface area contributed by atoms with Crippen molar-refractivity contribution in [2.75, 3.05) is 19.8 Å². The Morgan fingerprint density at radius 1 is 0.491 bits per heavy atom. The smallest absolute Gasteiger partial charge is 0.306 e. The Morgan fingerprint density at radius 3 is 1.24 bits per heavy atom. The highest BCUT2D eigenvalue weighted by atomic mass is 16.7. The predicted octanol–water partition coefficient (Wildman–Crippen LogP) is 9.78. The summed E-state index contributed by atoms with van der Waals surface area (Å²) in [4.78, 5) is 25.2. The van der Waals surface area contributed by atoms with Crippen LogP contribution in [0.25, 0.3) is 0 Å².